The fraction of sp³-hybridized carbons (Fsp3) is 0.844. The van der Waals surface area contributed by atoms with Crippen LogP contribution in [-0.4, -0.2) is 41.8 Å². The number of fused-ring (bicyclic) bond motifs is 7. The summed E-state index contributed by atoms with van der Waals surface area (Å²) in [7, 11) is 0. The molecule has 0 aromatic carbocycles. The van der Waals surface area contributed by atoms with Gasteiger partial charge in [0.25, 0.3) is 0 Å². The second-order valence-electron chi connectivity index (χ2n) is 13.8. The Balaban J connectivity index is 1.20. The minimum Gasteiger partial charge on any atom is -0.494 e. The summed E-state index contributed by atoms with van der Waals surface area (Å²) in [5, 5.41) is 8.87. The van der Waals surface area contributed by atoms with Gasteiger partial charge in [-0.15, -0.1) is 0 Å². The van der Waals surface area contributed by atoms with Gasteiger partial charge in [0, 0.05) is 19.3 Å². The second-order valence-corrected chi connectivity index (χ2v) is 13.8. The van der Waals surface area contributed by atoms with Crippen molar-refractivity contribution in [3.8, 4) is 0 Å². The number of carboxylic acid groups (broad SMARTS) is 1. The number of rotatable bonds is 9. The fourth-order valence-corrected chi connectivity index (χ4v) is 9.97. The van der Waals surface area contributed by atoms with Gasteiger partial charge >= 0.3 is 17.9 Å². The van der Waals surface area contributed by atoms with E-state index in [9.17, 15) is 14.4 Å². The Morgan fingerprint density at radius 3 is 2.49 bits per heavy atom. The highest BCUT2D eigenvalue weighted by Gasteiger charge is 2.64. The summed E-state index contributed by atoms with van der Waals surface area (Å²) in [6, 6.07) is 0. The molecule has 6 unspecified atom stereocenters. The van der Waals surface area contributed by atoms with Gasteiger partial charge in [-0.2, -0.15) is 0 Å². The third kappa shape index (κ3) is 5.36. The lowest BCUT2D eigenvalue weighted by molar-refractivity contribution is -0.163. The molecule has 0 radical (unpaired) electrons. The Labute approximate surface area is 233 Å². The first-order chi connectivity index (χ1) is 18.5. The molecule has 4 fully saturated rings. The number of unbranched alkanes of at least 4 members (excludes halogenated alkanes) is 1. The second kappa shape index (κ2) is 11.1. The predicted molar refractivity (Wildman–Crippen MR) is 145 cm³/mol. The smallest absolute Gasteiger partial charge is 0.306 e. The standard InChI is InChI=1S/C32H48O7/c1-19-26(7-5-6-16-37-20(2)33)39-27-18-25-23-9-8-21-17-22(38-29(36)11-10-28(34)35)12-14-31(21,3)24(23)13-15-32(25,4)30(19)27/h21-25,27,30H,5-18H2,1-4H3,(H,34,35)/t21-,22?,23?,24?,25?,27?,30?,31-,32-/m0/s1. The monoisotopic (exact) mass is 544 g/mol. The molecule has 0 aromatic heterocycles. The van der Waals surface area contributed by atoms with Crippen LogP contribution in [0.3, 0.4) is 0 Å². The molecular formula is C32H48O7. The van der Waals surface area contributed by atoms with Crippen molar-refractivity contribution in [3.63, 3.8) is 0 Å². The molecule has 0 amide bonds. The largest absolute Gasteiger partial charge is 0.494 e. The number of hydrogen-bond donors (Lipinski definition) is 1. The van der Waals surface area contributed by atoms with Crippen LogP contribution in [0.2, 0.25) is 0 Å². The zero-order valence-corrected chi connectivity index (χ0v) is 24.3. The van der Waals surface area contributed by atoms with Crippen LogP contribution < -0.4 is 0 Å². The quantitative estimate of drug-likeness (QED) is 0.263. The molecule has 0 bridgehead atoms. The highest BCUT2D eigenvalue weighted by Crippen LogP contribution is 2.69. The minimum atomic E-state index is -0.953. The summed E-state index contributed by atoms with van der Waals surface area (Å²) >= 11 is 0. The molecule has 0 aromatic rings. The van der Waals surface area contributed by atoms with Crippen LogP contribution in [-0.2, 0) is 28.6 Å². The first-order valence-electron chi connectivity index (χ1n) is 15.4. The number of carbonyl (C=O) groups is 3. The lowest BCUT2D eigenvalue weighted by Gasteiger charge is -2.61. The van der Waals surface area contributed by atoms with Gasteiger partial charge in [0.05, 0.1) is 25.2 Å². The molecular weight excluding hydrogens is 496 g/mol. The van der Waals surface area contributed by atoms with E-state index in [-0.39, 0.29) is 30.9 Å². The maximum atomic E-state index is 12.2. The van der Waals surface area contributed by atoms with E-state index >= 15 is 0 Å². The van der Waals surface area contributed by atoms with Gasteiger partial charge < -0.3 is 19.3 Å². The van der Waals surface area contributed by atoms with Gasteiger partial charge in [-0.05, 0) is 111 Å². The van der Waals surface area contributed by atoms with E-state index < -0.39 is 5.97 Å². The fourth-order valence-electron chi connectivity index (χ4n) is 9.97. The number of carbonyl (C=O) groups excluding carboxylic acids is 2. The molecule has 1 aliphatic heterocycles. The van der Waals surface area contributed by atoms with Crippen molar-refractivity contribution in [2.75, 3.05) is 6.61 Å². The van der Waals surface area contributed by atoms with Crippen LogP contribution in [0, 0.1) is 40.4 Å². The number of ether oxygens (including phenoxy) is 3. The Morgan fingerprint density at radius 1 is 0.974 bits per heavy atom. The highest BCUT2D eigenvalue weighted by molar-refractivity contribution is 5.76. The van der Waals surface area contributed by atoms with E-state index in [2.05, 4.69) is 20.8 Å². The van der Waals surface area contributed by atoms with Crippen molar-refractivity contribution in [3.05, 3.63) is 11.3 Å². The van der Waals surface area contributed by atoms with Crippen molar-refractivity contribution in [2.45, 2.75) is 123 Å². The molecule has 7 heteroatoms. The normalized spacial score (nSPS) is 40.6. The van der Waals surface area contributed by atoms with Crippen molar-refractivity contribution >= 4 is 17.9 Å². The maximum absolute atomic E-state index is 12.2. The molecule has 0 saturated heterocycles. The lowest BCUT2D eigenvalue weighted by Crippen LogP contribution is -2.54. The van der Waals surface area contributed by atoms with Crippen LogP contribution in [0.25, 0.3) is 0 Å². The summed E-state index contributed by atoms with van der Waals surface area (Å²) in [6.07, 6.45) is 12.0. The van der Waals surface area contributed by atoms with Crippen LogP contribution >= 0.6 is 0 Å². The van der Waals surface area contributed by atoms with Crippen LogP contribution in [0.15, 0.2) is 11.3 Å². The molecule has 0 spiro atoms. The van der Waals surface area contributed by atoms with E-state index in [4.69, 9.17) is 19.3 Å². The van der Waals surface area contributed by atoms with Crippen LogP contribution in [0.4, 0.5) is 0 Å². The third-order valence-electron chi connectivity index (χ3n) is 11.8. The van der Waals surface area contributed by atoms with Gasteiger partial charge in [-0.1, -0.05) is 13.8 Å². The van der Waals surface area contributed by atoms with Crippen molar-refractivity contribution in [1.82, 2.24) is 0 Å². The maximum Gasteiger partial charge on any atom is 0.306 e. The molecule has 5 rings (SSSR count). The number of hydrogen-bond acceptors (Lipinski definition) is 6. The zero-order valence-electron chi connectivity index (χ0n) is 24.3. The first-order valence-corrected chi connectivity index (χ1v) is 15.4. The van der Waals surface area contributed by atoms with Crippen molar-refractivity contribution in [2.24, 2.45) is 40.4 Å². The summed E-state index contributed by atoms with van der Waals surface area (Å²) in [5.41, 5.74) is 2.07. The molecule has 7 nitrogen and oxygen atoms in total. The number of allylic oxidation sites excluding steroid dienone is 1. The number of esters is 2. The number of carboxylic acids is 1. The SMILES string of the molecule is CC(=O)OCCCCC1=C(C)C2C(CC3C4CC[C@H]5CC(OC(=O)CCC(=O)O)CC[C@]5(C)C4CC[C@@]32C)O1. The molecule has 9 atom stereocenters. The van der Waals surface area contributed by atoms with E-state index in [1.165, 1.54) is 50.4 Å². The number of aliphatic carboxylic acids is 1. The van der Waals surface area contributed by atoms with E-state index in [0.29, 0.717) is 41.3 Å². The molecule has 218 valence electrons. The summed E-state index contributed by atoms with van der Waals surface area (Å²) in [4.78, 5) is 34.0. The van der Waals surface area contributed by atoms with E-state index in [1.807, 2.05) is 0 Å². The molecule has 4 saturated carbocycles. The predicted octanol–water partition coefficient (Wildman–Crippen LogP) is 6.44. The minimum absolute atomic E-state index is 0.0347. The Bertz CT molecular complexity index is 1000. The Kier molecular flexibility index (Phi) is 8.09. The van der Waals surface area contributed by atoms with Crippen molar-refractivity contribution < 1.29 is 33.7 Å². The molecule has 5 aliphatic rings. The van der Waals surface area contributed by atoms with Gasteiger partial charge in [0.15, 0.2) is 0 Å². The average Bonchev–Trinajstić information content (AvgIpc) is 3.35. The average molecular weight is 545 g/mol. The van der Waals surface area contributed by atoms with Gasteiger partial charge in [0.2, 0.25) is 0 Å². The Hall–Kier alpha value is -2.05. The van der Waals surface area contributed by atoms with Gasteiger partial charge in [0.1, 0.15) is 12.2 Å². The summed E-state index contributed by atoms with van der Waals surface area (Å²) < 4.78 is 17.5. The van der Waals surface area contributed by atoms with E-state index in [0.717, 1.165) is 50.4 Å². The first kappa shape index (κ1) is 28.5. The van der Waals surface area contributed by atoms with Gasteiger partial charge in [-0.3, -0.25) is 14.4 Å². The van der Waals surface area contributed by atoms with Gasteiger partial charge in [-0.25, -0.2) is 0 Å². The topological polar surface area (TPSA) is 99.1 Å². The molecule has 1 heterocycles. The summed E-state index contributed by atoms with van der Waals surface area (Å²) in [6.45, 7) is 9.33. The van der Waals surface area contributed by atoms with Crippen LogP contribution in [0.1, 0.15) is 111 Å². The third-order valence-corrected chi connectivity index (χ3v) is 11.8. The van der Waals surface area contributed by atoms with Crippen LogP contribution in [0.5, 0.6) is 0 Å². The molecule has 1 N–H and O–H groups in total. The summed E-state index contributed by atoms with van der Waals surface area (Å²) in [5.74, 6) is 2.94. The Morgan fingerprint density at radius 2 is 1.74 bits per heavy atom. The zero-order chi connectivity index (χ0) is 27.9. The van der Waals surface area contributed by atoms with Crippen molar-refractivity contribution in [1.29, 1.82) is 0 Å². The highest BCUT2D eigenvalue weighted by atomic mass is 16.5. The lowest BCUT2D eigenvalue weighted by atomic mass is 9.44. The van der Waals surface area contributed by atoms with E-state index in [1.54, 1.807) is 0 Å². The molecule has 39 heavy (non-hydrogen) atoms. The molecule has 4 aliphatic carbocycles.